The quantitative estimate of drug-likeness (QED) is 0.375. The molecule has 0 aromatic rings. The zero-order valence-corrected chi connectivity index (χ0v) is 10.9. The molecule has 1 unspecified atom stereocenters. The Bertz CT molecular complexity index is 113. The smallest absolute Gasteiger partial charge is 0.105 e. The fourth-order valence-corrected chi connectivity index (χ4v) is 2.05. The fourth-order valence-electron chi connectivity index (χ4n) is 1.44. The summed E-state index contributed by atoms with van der Waals surface area (Å²) in [5.41, 5.74) is 4.50. The lowest BCUT2D eigenvalue weighted by atomic mass is 10.1. The molecule has 0 spiro atoms. The molecule has 1 N–H and O–H groups in total. The highest BCUT2D eigenvalue weighted by molar-refractivity contribution is 7.90. The van der Waals surface area contributed by atoms with Crippen LogP contribution in [0.1, 0.15) is 58.3 Å². The zero-order valence-electron chi connectivity index (χ0n) is 10.1. The molecule has 0 fully saturated rings. The van der Waals surface area contributed by atoms with E-state index in [9.17, 15) is 4.55 Å². The van der Waals surface area contributed by atoms with E-state index in [2.05, 4.69) is 12.5 Å². The van der Waals surface area contributed by atoms with Crippen molar-refractivity contribution >= 4 is 11.2 Å². The first-order valence-corrected chi connectivity index (χ1v) is 7.50. The van der Waals surface area contributed by atoms with Crippen molar-refractivity contribution < 1.29 is 4.55 Å². The van der Waals surface area contributed by atoms with E-state index < -0.39 is 11.2 Å². The predicted octanol–water partition coefficient (Wildman–Crippen LogP) is 3.84. The molecule has 0 rings (SSSR count). The Balaban J connectivity index is 0. The first-order chi connectivity index (χ1) is 7.27. The van der Waals surface area contributed by atoms with Gasteiger partial charge in [0.05, 0.1) is 6.26 Å². The van der Waals surface area contributed by atoms with Crippen LogP contribution in [0, 0.1) is 10.5 Å². The molecular formula is C11H25NO2S. The number of nitroso groups, excluding NO2 is 1. The first kappa shape index (κ1) is 17.3. The monoisotopic (exact) mass is 235 g/mol. The normalized spacial score (nSPS) is 11.7. The lowest BCUT2D eigenvalue weighted by Crippen LogP contribution is -2.02. The highest BCUT2D eigenvalue weighted by Crippen LogP contribution is 2.08. The molecule has 0 saturated heterocycles. The van der Waals surface area contributed by atoms with Gasteiger partial charge in [0, 0.05) is 0 Å². The summed E-state index contributed by atoms with van der Waals surface area (Å²) in [5.74, 6) is 0.898. The Hall–Kier alpha value is -0.0900. The molecule has 0 radical (unpaired) electrons. The molecule has 0 bridgehead atoms. The highest BCUT2D eigenvalue weighted by atomic mass is 32.2. The first-order valence-electron chi connectivity index (χ1n) is 5.77. The maximum atomic E-state index is 10.7. The average Bonchev–Trinajstić information content (AvgIpc) is 2.24. The van der Waals surface area contributed by atoms with Gasteiger partial charge in [-0.25, -0.2) is 0 Å². The van der Waals surface area contributed by atoms with Gasteiger partial charge in [-0.3, -0.25) is 0 Å². The van der Waals surface area contributed by atoms with Crippen LogP contribution in [-0.4, -0.2) is 16.6 Å². The Kier molecular flexibility index (Phi) is 18.9. The Morgan fingerprint density at radius 1 is 0.933 bits per heavy atom. The summed E-state index contributed by atoms with van der Waals surface area (Å²) in [6.45, 7) is 2.25. The summed E-state index contributed by atoms with van der Waals surface area (Å²) in [6, 6.07) is 0. The molecule has 4 heteroatoms. The molecule has 92 valence electrons. The summed E-state index contributed by atoms with van der Waals surface area (Å²) >= 11 is -0.576. The second-order valence-corrected chi connectivity index (χ2v) is 5.31. The summed E-state index contributed by atoms with van der Waals surface area (Å²) in [7, 11) is 0. The van der Waals surface area contributed by atoms with Crippen LogP contribution < -0.4 is 0 Å². The molecular weight excluding hydrogens is 210 g/mol. The Labute approximate surface area is 97.0 Å². The topological polar surface area (TPSA) is 64.0 Å². The van der Waals surface area contributed by atoms with Crippen LogP contribution in [-0.2, 0) is 11.2 Å². The second kappa shape index (κ2) is 16.3. The van der Waals surface area contributed by atoms with Gasteiger partial charge in [-0.2, -0.15) is 4.91 Å². The maximum absolute atomic E-state index is 10.7. The molecule has 0 aliphatic carbocycles. The van der Waals surface area contributed by atoms with Crippen molar-refractivity contribution in [3.05, 3.63) is 4.91 Å². The molecule has 1 atom stereocenters. The zero-order chi connectivity index (χ0) is 11.9. The minimum atomic E-state index is -0.576. The van der Waals surface area contributed by atoms with E-state index in [1.54, 1.807) is 6.26 Å². The standard InChI is InChI=1S/C11H24OS.HNO/c1-3-4-5-6-7-8-9-10-11-13(2)12;1-2/h3-11H2,1-2H3;1H. The molecule has 3 nitrogen and oxygen atoms in total. The molecule has 0 amide bonds. The summed E-state index contributed by atoms with van der Waals surface area (Å²) in [6.07, 6.45) is 12.4. The summed E-state index contributed by atoms with van der Waals surface area (Å²) < 4.78 is 10.7. The van der Waals surface area contributed by atoms with Gasteiger partial charge in [-0.15, -0.1) is 0 Å². The van der Waals surface area contributed by atoms with Gasteiger partial charge in [-0.05, 0) is 12.8 Å². The minimum Gasteiger partial charge on any atom is -0.617 e. The van der Waals surface area contributed by atoms with Gasteiger partial charge in [-0.1, -0.05) is 62.2 Å². The lowest BCUT2D eigenvalue weighted by Gasteiger charge is -2.04. The second-order valence-electron chi connectivity index (χ2n) is 3.75. The number of hydrogen-bond acceptors (Lipinski definition) is 3. The van der Waals surface area contributed by atoms with Gasteiger partial charge in [0.15, 0.2) is 0 Å². The van der Waals surface area contributed by atoms with Crippen molar-refractivity contribution in [2.75, 3.05) is 12.0 Å². The fraction of sp³-hybridized carbons (Fsp3) is 1.00. The third-order valence-electron chi connectivity index (χ3n) is 2.29. The maximum Gasteiger partial charge on any atom is 0.105 e. The Morgan fingerprint density at radius 2 is 1.33 bits per heavy atom. The third kappa shape index (κ3) is 20.1. The van der Waals surface area contributed by atoms with Crippen LogP contribution in [0.2, 0.25) is 0 Å². The minimum absolute atomic E-state index is 0.576. The highest BCUT2D eigenvalue weighted by Gasteiger charge is 1.96. The number of rotatable bonds is 9. The van der Waals surface area contributed by atoms with Gasteiger partial charge in [0.25, 0.3) is 0 Å². The van der Waals surface area contributed by atoms with Crippen LogP contribution in [0.25, 0.3) is 0 Å². The van der Waals surface area contributed by atoms with E-state index in [0.717, 1.165) is 12.2 Å². The molecule has 0 aromatic carbocycles. The van der Waals surface area contributed by atoms with Crippen LogP contribution in [0.15, 0.2) is 0 Å². The van der Waals surface area contributed by atoms with E-state index in [4.69, 9.17) is 4.91 Å². The number of nitrogens with one attached hydrogen (secondary N) is 1. The van der Waals surface area contributed by atoms with E-state index in [-0.39, 0.29) is 0 Å². The van der Waals surface area contributed by atoms with Gasteiger partial charge in [0.2, 0.25) is 0 Å². The van der Waals surface area contributed by atoms with Crippen LogP contribution in [0.5, 0.6) is 0 Å². The molecule has 0 aromatic heterocycles. The van der Waals surface area contributed by atoms with Gasteiger partial charge < -0.3 is 4.55 Å². The van der Waals surface area contributed by atoms with Crippen LogP contribution >= 0.6 is 0 Å². The SMILES string of the molecule is CCCCCCCCCC[S+](C)[O-].N=O. The number of unbranched alkanes of at least 4 members (excludes halogenated alkanes) is 7. The van der Waals surface area contributed by atoms with Crippen molar-refractivity contribution in [3.8, 4) is 0 Å². The molecule has 0 aliphatic rings. The van der Waals surface area contributed by atoms with Crippen molar-refractivity contribution in [3.63, 3.8) is 0 Å². The lowest BCUT2D eigenvalue weighted by molar-refractivity contribution is 0.574. The van der Waals surface area contributed by atoms with Gasteiger partial charge >= 0.3 is 0 Å². The predicted molar refractivity (Wildman–Crippen MR) is 67.6 cm³/mol. The van der Waals surface area contributed by atoms with Crippen molar-refractivity contribution in [2.45, 2.75) is 58.3 Å². The summed E-state index contributed by atoms with van der Waals surface area (Å²) in [4.78, 5) is 7.50. The van der Waals surface area contributed by atoms with E-state index in [1.165, 1.54) is 44.9 Å². The molecule has 0 aliphatic heterocycles. The molecule has 0 saturated carbocycles. The van der Waals surface area contributed by atoms with Crippen molar-refractivity contribution in [2.24, 2.45) is 0 Å². The Morgan fingerprint density at radius 3 is 1.73 bits per heavy atom. The summed E-state index contributed by atoms with van der Waals surface area (Å²) in [5, 5.41) is 0. The van der Waals surface area contributed by atoms with E-state index in [0.29, 0.717) is 0 Å². The third-order valence-corrected chi connectivity index (χ3v) is 3.15. The molecule has 0 heterocycles. The van der Waals surface area contributed by atoms with Crippen LogP contribution in [0.3, 0.4) is 0 Å². The van der Waals surface area contributed by atoms with E-state index >= 15 is 0 Å². The molecule has 15 heavy (non-hydrogen) atoms. The van der Waals surface area contributed by atoms with Crippen LogP contribution in [0.4, 0.5) is 0 Å². The van der Waals surface area contributed by atoms with Crippen molar-refractivity contribution in [1.82, 2.24) is 0 Å². The van der Waals surface area contributed by atoms with E-state index in [1.807, 2.05) is 0 Å². The largest absolute Gasteiger partial charge is 0.617 e. The average molecular weight is 235 g/mol. The van der Waals surface area contributed by atoms with Gasteiger partial charge in [0.1, 0.15) is 5.75 Å². The number of hydrogen-bond donors (Lipinski definition) is 1. The van der Waals surface area contributed by atoms with Crippen molar-refractivity contribution in [1.29, 1.82) is 5.59 Å².